The SMILES string of the molecule is CC(O)c1cccn1Cc1ccc(F)c(F)c1. The van der Waals surface area contributed by atoms with Gasteiger partial charge in [-0.05, 0) is 36.8 Å². The normalized spacial score (nSPS) is 12.7. The van der Waals surface area contributed by atoms with Crippen molar-refractivity contribution < 1.29 is 13.9 Å². The molecule has 90 valence electrons. The van der Waals surface area contributed by atoms with E-state index in [1.54, 1.807) is 23.8 Å². The number of rotatable bonds is 3. The summed E-state index contributed by atoms with van der Waals surface area (Å²) in [5.74, 6) is -1.70. The lowest BCUT2D eigenvalue weighted by Crippen LogP contribution is -2.06. The Bertz CT molecular complexity index is 520. The fraction of sp³-hybridized carbons (Fsp3) is 0.231. The van der Waals surface area contributed by atoms with E-state index >= 15 is 0 Å². The first-order valence-electron chi connectivity index (χ1n) is 5.35. The minimum Gasteiger partial charge on any atom is -0.387 e. The molecule has 2 nitrogen and oxygen atoms in total. The Labute approximate surface area is 98.1 Å². The van der Waals surface area contributed by atoms with Gasteiger partial charge in [0.2, 0.25) is 0 Å². The van der Waals surface area contributed by atoms with Crippen LogP contribution in [0.4, 0.5) is 8.78 Å². The lowest BCUT2D eigenvalue weighted by molar-refractivity contribution is 0.190. The lowest BCUT2D eigenvalue weighted by atomic mass is 10.2. The van der Waals surface area contributed by atoms with E-state index in [9.17, 15) is 13.9 Å². The third-order valence-corrected chi connectivity index (χ3v) is 2.63. The monoisotopic (exact) mass is 237 g/mol. The third-order valence-electron chi connectivity index (χ3n) is 2.63. The van der Waals surface area contributed by atoms with Crippen molar-refractivity contribution >= 4 is 0 Å². The molecule has 0 aliphatic rings. The van der Waals surface area contributed by atoms with Crippen LogP contribution in [0.2, 0.25) is 0 Å². The molecular formula is C13H13F2NO. The molecular weight excluding hydrogens is 224 g/mol. The molecule has 4 heteroatoms. The Morgan fingerprint density at radius 3 is 2.65 bits per heavy atom. The van der Waals surface area contributed by atoms with Crippen molar-refractivity contribution in [2.24, 2.45) is 0 Å². The van der Waals surface area contributed by atoms with Crippen LogP contribution in [-0.4, -0.2) is 9.67 Å². The van der Waals surface area contributed by atoms with Crippen LogP contribution in [0.15, 0.2) is 36.5 Å². The minimum atomic E-state index is -0.853. The highest BCUT2D eigenvalue weighted by atomic mass is 19.2. The summed E-state index contributed by atoms with van der Waals surface area (Å²) in [6.45, 7) is 2.07. The molecule has 0 aliphatic heterocycles. The van der Waals surface area contributed by atoms with Crippen molar-refractivity contribution in [1.29, 1.82) is 0 Å². The Morgan fingerprint density at radius 1 is 1.24 bits per heavy atom. The molecule has 0 spiro atoms. The second-order valence-electron chi connectivity index (χ2n) is 3.99. The molecule has 0 fully saturated rings. The molecule has 0 saturated carbocycles. The van der Waals surface area contributed by atoms with Crippen LogP contribution >= 0.6 is 0 Å². The molecule has 1 heterocycles. The summed E-state index contributed by atoms with van der Waals surface area (Å²) in [6.07, 6.45) is 1.21. The van der Waals surface area contributed by atoms with Crippen molar-refractivity contribution in [3.05, 3.63) is 59.4 Å². The van der Waals surface area contributed by atoms with E-state index in [-0.39, 0.29) is 0 Å². The van der Waals surface area contributed by atoms with E-state index in [1.807, 2.05) is 6.07 Å². The highest BCUT2D eigenvalue weighted by Crippen LogP contribution is 2.16. The summed E-state index contributed by atoms with van der Waals surface area (Å²) in [7, 11) is 0. The van der Waals surface area contributed by atoms with Gasteiger partial charge in [0.15, 0.2) is 11.6 Å². The molecule has 17 heavy (non-hydrogen) atoms. The first kappa shape index (κ1) is 11.8. The van der Waals surface area contributed by atoms with Crippen molar-refractivity contribution in [3.63, 3.8) is 0 Å². The van der Waals surface area contributed by atoms with Gasteiger partial charge in [-0.3, -0.25) is 0 Å². The zero-order chi connectivity index (χ0) is 12.4. The molecule has 2 aromatic rings. The molecule has 1 unspecified atom stereocenters. The average Bonchev–Trinajstić information content (AvgIpc) is 2.72. The van der Waals surface area contributed by atoms with Gasteiger partial charge in [-0.2, -0.15) is 0 Å². The number of nitrogens with zero attached hydrogens (tertiary/aromatic N) is 1. The van der Waals surface area contributed by atoms with Gasteiger partial charge >= 0.3 is 0 Å². The van der Waals surface area contributed by atoms with Gasteiger partial charge in [0.1, 0.15) is 0 Å². The summed E-state index contributed by atoms with van der Waals surface area (Å²) >= 11 is 0. The molecule has 2 rings (SSSR count). The molecule has 1 aromatic heterocycles. The fourth-order valence-corrected chi connectivity index (χ4v) is 1.79. The van der Waals surface area contributed by atoms with E-state index in [2.05, 4.69) is 0 Å². The van der Waals surface area contributed by atoms with Crippen molar-refractivity contribution in [3.8, 4) is 0 Å². The van der Waals surface area contributed by atoms with E-state index < -0.39 is 17.7 Å². The number of halogens is 2. The molecule has 0 bridgehead atoms. The molecule has 0 saturated heterocycles. The van der Waals surface area contributed by atoms with Gasteiger partial charge in [-0.15, -0.1) is 0 Å². The van der Waals surface area contributed by atoms with E-state index in [4.69, 9.17) is 0 Å². The van der Waals surface area contributed by atoms with Crippen LogP contribution in [0.1, 0.15) is 24.3 Å². The molecule has 0 radical (unpaired) electrons. The fourth-order valence-electron chi connectivity index (χ4n) is 1.79. The van der Waals surface area contributed by atoms with Gasteiger partial charge in [-0.25, -0.2) is 8.78 Å². The second kappa shape index (κ2) is 4.67. The third kappa shape index (κ3) is 2.53. The molecule has 1 atom stereocenters. The molecule has 1 aromatic carbocycles. The van der Waals surface area contributed by atoms with Gasteiger partial charge in [0, 0.05) is 18.4 Å². The highest BCUT2D eigenvalue weighted by Gasteiger charge is 2.08. The minimum absolute atomic E-state index is 0.407. The van der Waals surface area contributed by atoms with Crippen LogP contribution in [0, 0.1) is 11.6 Å². The maximum absolute atomic E-state index is 13.0. The van der Waals surface area contributed by atoms with Crippen molar-refractivity contribution in [2.45, 2.75) is 19.6 Å². The standard InChI is InChI=1S/C13H13F2NO/c1-9(17)13-3-2-6-16(13)8-10-4-5-11(14)12(15)7-10/h2-7,9,17H,8H2,1H3. The van der Waals surface area contributed by atoms with Crippen molar-refractivity contribution in [1.82, 2.24) is 4.57 Å². The van der Waals surface area contributed by atoms with Crippen LogP contribution in [0.3, 0.4) is 0 Å². The molecule has 0 amide bonds. The number of benzene rings is 1. The highest BCUT2D eigenvalue weighted by molar-refractivity contribution is 5.20. The number of aliphatic hydroxyl groups is 1. The maximum Gasteiger partial charge on any atom is 0.159 e. The van der Waals surface area contributed by atoms with Crippen LogP contribution in [0.5, 0.6) is 0 Å². The zero-order valence-corrected chi connectivity index (χ0v) is 9.40. The topological polar surface area (TPSA) is 25.2 Å². The average molecular weight is 237 g/mol. The van der Waals surface area contributed by atoms with Crippen molar-refractivity contribution in [2.75, 3.05) is 0 Å². The summed E-state index contributed by atoms with van der Waals surface area (Å²) in [6, 6.07) is 7.41. The molecule has 1 N–H and O–H groups in total. The number of hydrogen-bond acceptors (Lipinski definition) is 1. The Kier molecular flexibility index (Phi) is 3.24. The van der Waals surface area contributed by atoms with E-state index in [1.165, 1.54) is 12.1 Å². The van der Waals surface area contributed by atoms with Gasteiger partial charge < -0.3 is 9.67 Å². The zero-order valence-electron chi connectivity index (χ0n) is 9.40. The second-order valence-corrected chi connectivity index (χ2v) is 3.99. The largest absolute Gasteiger partial charge is 0.387 e. The van der Waals surface area contributed by atoms with E-state index in [0.717, 1.165) is 11.8 Å². The number of aliphatic hydroxyl groups excluding tert-OH is 1. The Balaban J connectivity index is 2.25. The Morgan fingerprint density at radius 2 is 2.00 bits per heavy atom. The van der Waals surface area contributed by atoms with Crippen LogP contribution in [-0.2, 0) is 6.54 Å². The summed E-state index contributed by atoms with van der Waals surface area (Å²) in [5.41, 5.74) is 1.40. The maximum atomic E-state index is 13.0. The van der Waals surface area contributed by atoms with Crippen LogP contribution < -0.4 is 0 Å². The molecule has 0 aliphatic carbocycles. The Hall–Kier alpha value is -1.68. The first-order chi connectivity index (χ1) is 8.08. The number of aromatic nitrogens is 1. The predicted molar refractivity (Wildman–Crippen MR) is 60.5 cm³/mol. The summed E-state index contributed by atoms with van der Waals surface area (Å²) < 4.78 is 27.6. The van der Waals surface area contributed by atoms with E-state index in [0.29, 0.717) is 12.1 Å². The predicted octanol–water partition coefficient (Wildman–Crippen LogP) is 2.87. The first-order valence-corrected chi connectivity index (χ1v) is 5.35. The van der Waals surface area contributed by atoms with Crippen LogP contribution in [0.25, 0.3) is 0 Å². The summed E-state index contributed by atoms with van der Waals surface area (Å²) in [5, 5.41) is 9.52. The smallest absolute Gasteiger partial charge is 0.159 e. The summed E-state index contributed by atoms with van der Waals surface area (Å²) in [4.78, 5) is 0. The van der Waals surface area contributed by atoms with Gasteiger partial charge in [0.25, 0.3) is 0 Å². The number of hydrogen-bond donors (Lipinski definition) is 1. The lowest BCUT2D eigenvalue weighted by Gasteiger charge is -2.11. The van der Waals surface area contributed by atoms with Gasteiger partial charge in [0.05, 0.1) is 6.10 Å². The van der Waals surface area contributed by atoms with Gasteiger partial charge in [-0.1, -0.05) is 6.07 Å². The quantitative estimate of drug-likeness (QED) is 0.872.